The summed E-state index contributed by atoms with van der Waals surface area (Å²) in [6.45, 7) is 0. The highest BCUT2D eigenvalue weighted by Gasteiger charge is 2.05. The van der Waals surface area contributed by atoms with Gasteiger partial charge in [0.25, 0.3) is 0 Å². The van der Waals surface area contributed by atoms with Crippen LogP contribution in [-0.2, 0) is 7.05 Å². The number of methoxy groups -OCH3 is 1. The molecule has 0 aliphatic carbocycles. The molecule has 2 aromatic rings. The summed E-state index contributed by atoms with van der Waals surface area (Å²) in [7, 11) is 3.51. The Morgan fingerprint density at radius 3 is 2.80 bits per heavy atom. The Morgan fingerprint density at radius 2 is 2.20 bits per heavy atom. The largest absolute Gasteiger partial charge is 0.497 e. The summed E-state index contributed by atoms with van der Waals surface area (Å²) >= 11 is 0. The molecule has 4 nitrogen and oxygen atoms in total. The van der Waals surface area contributed by atoms with Gasteiger partial charge in [-0.1, -0.05) is 12.1 Å². The molecule has 1 aromatic carbocycles. The van der Waals surface area contributed by atoms with Crippen LogP contribution >= 0.6 is 0 Å². The summed E-state index contributed by atoms with van der Waals surface area (Å²) in [5, 5.41) is 0. The Bertz CT molecular complexity index is 457. The third-order valence-corrected chi connectivity index (χ3v) is 2.28. The molecule has 0 amide bonds. The van der Waals surface area contributed by atoms with E-state index in [2.05, 4.69) is 4.98 Å². The first kappa shape index (κ1) is 9.58. The zero-order valence-electron chi connectivity index (χ0n) is 8.77. The first-order valence-electron chi connectivity index (χ1n) is 4.64. The lowest BCUT2D eigenvalue weighted by Gasteiger charge is -2.00. The van der Waals surface area contributed by atoms with E-state index >= 15 is 0 Å². The number of anilines is 1. The SMILES string of the molecule is COc1cccc(-c2cn(C)c(N)n2)c1. The highest BCUT2D eigenvalue weighted by atomic mass is 16.5. The summed E-state index contributed by atoms with van der Waals surface area (Å²) < 4.78 is 6.93. The van der Waals surface area contributed by atoms with E-state index < -0.39 is 0 Å². The molecule has 4 heteroatoms. The van der Waals surface area contributed by atoms with Crippen molar-refractivity contribution in [2.24, 2.45) is 7.05 Å². The molecule has 1 aromatic heterocycles. The van der Waals surface area contributed by atoms with Crippen LogP contribution in [0.25, 0.3) is 11.3 Å². The lowest BCUT2D eigenvalue weighted by Crippen LogP contribution is -1.94. The molecule has 0 spiro atoms. The molecule has 1 heterocycles. The van der Waals surface area contributed by atoms with Crippen molar-refractivity contribution in [3.63, 3.8) is 0 Å². The van der Waals surface area contributed by atoms with Crippen molar-refractivity contribution in [2.75, 3.05) is 12.8 Å². The topological polar surface area (TPSA) is 53.1 Å². The van der Waals surface area contributed by atoms with Crippen LogP contribution in [-0.4, -0.2) is 16.7 Å². The van der Waals surface area contributed by atoms with E-state index in [0.717, 1.165) is 17.0 Å². The van der Waals surface area contributed by atoms with Crippen LogP contribution in [0.5, 0.6) is 5.75 Å². The lowest BCUT2D eigenvalue weighted by atomic mass is 10.1. The van der Waals surface area contributed by atoms with Crippen molar-refractivity contribution in [3.8, 4) is 17.0 Å². The van der Waals surface area contributed by atoms with Gasteiger partial charge in [-0.25, -0.2) is 4.98 Å². The molecule has 0 aliphatic heterocycles. The number of aryl methyl sites for hydroxylation is 1. The molecule has 0 atom stereocenters. The van der Waals surface area contributed by atoms with Crippen LogP contribution < -0.4 is 10.5 Å². The minimum absolute atomic E-state index is 0.507. The number of nitrogens with zero attached hydrogens (tertiary/aromatic N) is 2. The van der Waals surface area contributed by atoms with Crippen molar-refractivity contribution in [1.82, 2.24) is 9.55 Å². The quantitative estimate of drug-likeness (QED) is 0.807. The van der Waals surface area contributed by atoms with Gasteiger partial charge in [0.2, 0.25) is 0 Å². The molecule has 0 bridgehead atoms. The predicted octanol–water partition coefficient (Wildman–Crippen LogP) is 1.68. The number of aromatic nitrogens is 2. The molecular weight excluding hydrogens is 190 g/mol. The molecule has 0 radical (unpaired) electrons. The van der Waals surface area contributed by atoms with E-state index in [1.54, 1.807) is 11.7 Å². The van der Waals surface area contributed by atoms with Gasteiger partial charge in [-0.3, -0.25) is 0 Å². The number of nitrogens with two attached hydrogens (primary N) is 1. The van der Waals surface area contributed by atoms with Crippen LogP contribution in [0, 0.1) is 0 Å². The Balaban J connectivity index is 2.44. The molecule has 0 saturated carbocycles. The first-order chi connectivity index (χ1) is 7.20. The fraction of sp³-hybridized carbons (Fsp3) is 0.182. The van der Waals surface area contributed by atoms with Crippen molar-refractivity contribution in [3.05, 3.63) is 30.5 Å². The molecule has 0 aliphatic rings. The zero-order valence-corrected chi connectivity index (χ0v) is 8.77. The van der Waals surface area contributed by atoms with Gasteiger partial charge in [-0.2, -0.15) is 0 Å². The van der Waals surface area contributed by atoms with Crippen LogP contribution in [0.1, 0.15) is 0 Å². The fourth-order valence-electron chi connectivity index (χ4n) is 1.40. The number of rotatable bonds is 2. The van der Waals surface area contributed by atoms with Crippen LogP contribution in [0.15, 0.2) is 30.5 Å². The highest BCUT2D eigenvalue weighted by molar-refractivity contribution is 5.62. The second kappa shape index (κ2) is 3.65. The third-order valence-electron chi connectivity index (χ3n) is 2.28. The van der Waals surface area contributed by atoms with Gasteiger partial charge in [0.05, 0.1) is 12.8 Å². The smallest absolute Gasteiger partial charge is 0.200 e. The summed E-state index contributed by atoms with van der Waals surface area (Å²) in [4.78, 5) is 4.24. The number of hydrogen-bond donors (Lipinski definition) is 1. The normalized spacial score (nSPS) is 10.3. The van der Waals surface area contributed by atoms with Crippen molar-refractivity contribution in [2.45, 2.75) is 0 Å². The highest BCUT2D eigenvalue weighted by Crippen LogP contribution is 2.23. The fourth-order valence-corrected chi connectivity index (χ4v) is 1.40. The second-order valence-electron chi connectivity index (χ2n) is 3.33. The number of ether oxygens (including phenoxy) is 1. The Labute approximate surface area is 88.3 Å². The van der Waals surface area contributed by atoms with Gasteiger partial charge in [0, 0.05) is 18.8 Å². The van der Waals surface area contributed by atoms with Gasteiger partial charge in [-0.05, 0) is 12.1 Å². The van der Waals surface area contributed by atoms with Crippen molar-refractivity contribution < 1.29 is 4.74 Å². The molecule has 0 fully saturated rings. The summed E-state index contributed by atoms with van der Waals surface area (Å²) in [5.74, 6) is 1.32. The molecule has 0 saturated heterocycles. The molecular formula is C11H13N3O. The van der Waals surface area contributed by atoms with Gasteiger partial charge in [-0.15, -0.1) is 0 Å². The van der Waals surface area contributed by atoms with Gasteiger partial charge in [0.1, 0.15) is 5.75 Å². The molecule has 2 rings (SSSR count). The number of nitrogen functional groups attached to an aromatic ring is 1. The number of imidazole rings is 1. The number of hydrogen-bond acceptors (Lipinski definition) is 3. The maximum Gasteiger partial charge on any atom is 0.200 e. The minimum Gasteiger partial charge on any atom is -0.497 e. The molecule has 2 N–H and O–H groups in total. The molecule has 78 valence electrons. The second-order valence-corrected chi connectivity index (χ2v) is 3.33. The zero-order chi connectivity index (χ0) is 10.8. The van der Waals surface area contributed by atoms with E-state index in [9.17, 15) is 0 Å². The van der Waals surface area contributed by atoms with Gasteiger partial charge in [0.15, 0.2) is 5.95 Å². The minimum atomic E-state index is 0.507. The monoisotopic (exact) mass is 203 g/mol. The van der Waals surface area contributed by atoms with Crippen molar-refractivity contribution in [1.29, 1.82) is 0 Å². The number of benzene rings is 1. The predicted molar refractivity (Wildman–Crippen MR) is 59.6 cm³/mol. The van der Waals surface area contributed by atoms with Crippen LogP contribution in [0.2, 0.25) is 0 Å². The average molecular weight is 203 g/mol. The lowest BCUT2D eigenvalue weighted by molar-refractivity contribution is 0.415. The van der Waals surface area contributed by atoms with E-state index in [1.807, 2.05) is 37.5 Å². The summed E-state index contributed by atoms with van der Waals surface area (Å²) in [6, 6.07) is 7.74. The summed E-state index contributed by atoms with van der Waals surface area (Å²) in [5.41, 5.74) is 7.53. The molecule has 15 heavy (non-hydrogen) atoms. The average Bonchev–Trinajstić information content (AvgIpc) is 2.59. The van der Waals surface area contributed by atoms with E-state index in [1.165, 1.54) is 0 Å². The van der Waals surface area contributed by atoms with E-state index in [0.29, 0.717) is 5.95 Å². The van der Waals surface area contributed by atoms with Gasteiger partial charge < -0.3 is 15.0 Å². The van der Waals surface area contributed by atoms with Crippen LogP contribution in [0.3, 0.4) is 0 Å². The van der Waals surface area contributed by atoms with E-state index in [4.69, 9.17) is 10.5 Å². The van der Waals surface area contributed by atoms with Crippen LogP contribution in [0.4, 0.5) is 5.95 Å². The van der Waals surface area contributed by atoms with Crippen molar-refractivity contribution >= 4 is 5.95 Å². The maximum absolute atomic E-state index is 5.67. The van der Waals surface area contributed by atoms with E-state index in [-0.39, 0.29) is 0 Å². The summed E-state index contributed by atoms with van der Waals surface area (Å²) in [6.07, 6.45) is 1.89. The van der Waals surface area contributed by atoms with Gasteiger partial charge >= 0.3 is 0 Å². The Hall–Kier alpha value is -1.97. The third kappa shape index (κ3) is 1.79. The molecule has 0 unspecified atom stereocenters. The maximum atomic E-state index is 5.67. The standard InChI is InChI=1S/C11H13N3O/c1-14-7-10(13-11(14)12)8-4-3-5-9(6-8)15-2/h3-7H,1-2H3,(H2,12,13). The Kier molecular flexibility index (Phi) is 2.33. The Morgan fingerprint density at radius 1 is 1.40 bits per heavy atom. The first-order valence-corrected chi connectivity index (χ1v) is 4.64.